The smallest absolute Gasteiger partial charge is 0.200 e. The third-order valence-electron chi connectivity index (χ3n) is 2.25. The number of alkyl halides is 1. The molecule has 1 aliphatic rings. The van der Waals surface area contributed by atoms with Gasteiger partial charge in [0.05, 0.1) is 10.6 Å². The lowest BCUT2D eigenvalue weighted by Gasteiger charge is -2.25. The van der Waals surface area contributed by atoms with Crippen LogP contribution in [0.4, 0.5) is 0 Å². The molecular formula is C12H11IN2O. The van der Waals surface area contributed by atoms with Gasteiger partial charge in [0.15, 0.2) is 5.78 Å². The highest BCUT2D eigenvalue weighted by atomic mass is 127. The molecule has 0 saturated heterocycles. The van der Waals surface area contributed by atoms with Gasteiger partial charge >= 0.3 is 0 Å². The van der Waals surface area contributed by atoms with Crippen LogP contribution in [0.25, 0.3) is 0 Å². The minimum absolute atomic E-state index is 0.0437. The van der Waals surface area contributed by atoms with E-state index in [0.717, 1.165) is 0 Å². The Labute approximate surface area is 108 Å². The zero-order valence-electron chi connectivity index (χ0n) is 8.58. The van der Waals surface area contributed by atoms with E-state index < -0.39 is 0 Å². The van der Waals surface area contributed by atoms with Crippen LogP contribution in [0.2, 0.25) is 0 Å². The van der Waals surface area contributed by atoms with Crippen LogP contribution in [0.5, 0.6) is 0 Å². The van der Waals surface area contributed by atoms with Crippen molar-refractivity contribution in [2.24, 2.45) is 0 Å². The Kier molecular flexibility index (Phi) is 3.71. The summed E-state index contributed by atoms with van der Waals surface area (Å²) in [5, 5.41) is 0. The molecule has 0 saturated carbocycles. The molecule has 0 fully saturated rings. The zero-order chi connectivity index (χ0) is 11.4. The first-order valence-electron chi connectivity index (χ1n) is 4.96. The van der Waals surface area contributed by atoms with Gasteiger partial charge in [0.25, 0.3) is 0 Å². The van der Waals surface area contributed by atoms with Crippen LogP contribution in [0.15, 0.2) is 48.8 Å². The number of Topliss-reactive ketones (excluding diaryl/α,β-unsaturated/α-hetero) is 1. The molecule has 1 atom stereocenters. The summed E-state index contributed by atoms with van der Waals surface area (Å²) in [6, 6.07) is 5.38. The lowest BCUT2D eigenvalue weighted by atomic mass is 10.2. The predicted octanol–water partition coefficient (Wildman–Crippen LogP) is 2.41. The highest BCUT2D eigenvalue weighted by molar-refractivity contribution is 14.1. The summed E-state index contributed by atoms with van der Waals surface area (Å²) in [6.07, 6.45) is 9.53. The molecule has 0 bridgehead atoms. The summed E-state index contributed by atoms with van der Waals surface area (Å²) >= 11 is 2.29. The van der Waals surface area contributed by atoms with Crippen LogP contribution in [0.1, 0.15) is 10.5 Å². The molecule has 1 aromatic rings. The lowest BCUT2D eigenvalue weighted by Crippen LogP contribution is -2.31. The number of nitrogens with zero attached hydrogens (tertiary/aromatic N) is 2. The Balaban J connectivity index is 2.03. The minimum Gasteiger partial charge on any atom is -0.355 e. The fraction of sp³-hybridized carbons (Fsp3) is 0.167. The molecule has 1 aliphatic heterocycles. The maximum Gasteiger partial charge on any atom is 0.200 e. The fourth-order valence-electron chi connectivity index (χ4n) is 1.42. The Bertz CT molecular complexity index is 428. The van der Waals surface area contributed by atoms with Crippen LogP contribution in [0.3, 0.4) is 0 Å². The van der Waals surface area contributed by atoms with E-state index in [1.807, 2.05) is 35.4 Å². The molecule has 0 radical (unpaired) electrons. The van der Waals surface area contributed by atoms with Crippen molar-refractivity contribution < 1.29 is 4.79 Å². The van der Waals surface area contributed by atoms with E-state index in [1.54, 1.807) is 18.3 Å². The first kappa shape index (κ1) is 11.3. The second-order valence-corrected chi connectivity index (χ2v) is 4.69. The van der Waals surface area contributed by atoms with Crippen molar-refractivity contribution in [2.75, 3.05) is 6.54 Å². The van der Waals surface area contributed by atoms with Crippen LogP contribution in [-0.2, 0) is 0 Å². The van der Waals surface area contributed by atoms with Gasteiger partial charge in [-0.05, 0) is 18.2 Å². The van der Waals surface area contributed by atoms with Gasteiger partial charge < -0.3 is 4.90 Å². The third kappa shape index (κ3) is 2.69. The van der Waals surface area contributed by atoms with E-state index in [-0.39, 0.29) is 9.83 Å². The van der Waals surface area contributed by atoms with Gasteiger partial charge in [0.2, 0.25) is 0 Å². The van der Waals surface area contributed by atoms with Gasteiger partial charge in [-0.15, -0.1) is 0 Å². The summed E-state index contributed by atoms with van der Waals surface area (Å²) in [4.78, 5) is 17.9. The van der Waals surface area contributed by atoms with Crippen LogP contribution >= 0.6 is 22.6 Å². The van der Waals surface area contributed by atoms with Crippen molar-refractivity contribution in [3.63, 3.8) is 0 Å². The van der Waals surface area contributed by atoms with Crippen molar-refractivity contribution in [3.05, 3.63) is 54.5 Å². The molecule has 82 valence electrons. The Morgan fingerprint density at radius 2 is 2.31 bits per heavy atom. The number of hydrogen-bond acceptors (Lipinski definition) is 3. The fourth-order valence-corrected chi connectivity index (χ4v) is 2.05. The van der Waals surface area contributed by atoms with Crippen molar-refractivity contribution in [1.82, 2.24) is 9.88 Å². The van der Waals surface area contributed by atoms with Crippen LogP contribution < -0.4 is 0 Å². The molecule has 0 aliphatic carbocycles. The van der Waals surface area contributed by atoms with E-state index in [9.17, 15) is 4.79 Å². The highest BCUT2D eigenvalue weighted by Crippen LogP contribution is 2.15. The normalized spacial score (nSPS) is 18.8. The number of carbonyl (C=O) groups is 1. The Morgan fingerprint density at radius 1 is 1.44 bits per heavy atom. The van der Waals surface area contributed by atoms with Crippen molar-refractivity contribution in [2.45, 2.75) is 4.05 Å². The molecule has 3 nitrogen and oxygen atoms in total. The van der Waals surface area contributed by atoms with Crippen molar-refractivity contribution >= 4 is 28.4 Å². The minimum atomic E-state index is 0.0437. The molecule has 16 heavy (non-hydrogen) atoms. The molecule has 0 amide bonds. The molecule has 1 aromatic heterocycles. The summed E-state index contributed by atoms with van der Waals surface area (Å²) in [6.45, 7) is 0.367. The molecule has 0 spiro atoms. The SMILES string of the molecule is O=C(CN1C=CC=CC1I)c1ccccn1. The van der Waals surface area contributed by atoms with Crippen LogP contribution in [0, 0.1) is 0 Å². The van der Waals surface area contributed by atoms with Gasteiger partial charge in [-0.2, -0.15) is 0 Å². The standard InChI is InChI=1S/C12H11IN2O/c13-12-6-2-4-8-15(12)9-11(16)10-5-1-3-7-14-10/h1-8,12H,9H2. The monoisotopic (exact) mass is 326 g/mol. The predicted molar refractivity (Wildman–Crippen MR) is 71.4 cm³/mol. The Morgan fingerprint density at radius 3 is 3.00 bits per heavy atom. The highest BCUT2D eigenvalue weighted by Gasteiger charge is 2.16. The number of hydrogen-bond donors (Lipinski definition) is 0. The van der Waals surface area contributed by atoms with E-state index in [0.29, 0.717) is 12.2 Å². The van der Waals surface area contributed by atoms with Gasteiger partial charge in [-0.3, -0.25) is 9.78 Å². The topological polar surface area (TPSA) is 33.2 Å². The number of carbonyl (C=O) groups excluding carboxylic acids is 1. The number of pyridine rings is 1. The molecule has 0 aromatic carbocycles. The van der Waals surface area contributed by atoms with Gasteiger partial charge in [0, 0.05) is 12.4 Å². The molecular weight excluding hydrogens is 315 g/mol. The molecule has 0 N–H and O–H groups in total. The molecule has 4 heteroatoms. The first-order chi connectivity index (χ1) is 7.77. The second-order valence-electron chi connectivity index (χ2n) is 3.41. The summed E-state index contributed by atoms with van der Waals surface area (Å²) in [7, 11) is 0. The molecule has 1 unspecified atom stereocenters. The largest absolute Gasteiger partial charge is 0.355 e. The van der Waals surface area contributed by atoms with Crippen molar-refractivity contribution in [3.8, 4) is 0 Å². The maximum absolute atomic E-state index is 11.9. The summed E-state index contributed by atoms with van der Waals surface area (Å²) in [5.41, 5.74) is 0.522. The zero-order valence-corrected chi connectivity index (χ0v) is 10.7. The summed E-state index contributed by atoms with van der Waals surface area (Å²) < 4.78 is 0.232. The maximum atomic E-state index is 11.9. The second kappa shape index (κ2) is 5.25. The van der Waals surface area contributed by atoms with Gasteiger partial charge in [-0.25, -0.2) is 0 Å². The number of halogens is 1. The molecule has 2 rings (SSSR count). The van der Waals surface area contributed by atoms with E-state index in [4.69, 9.17) is 0 Å². The first-order valence-corrected chi connectivity index (χ1v) is 6.21. The average molecular weight is 326 g/mol. The number of rotatable bonds is 3. The molecule has 2 heterocycles. The number of ketones is 1. The van der Waals surface area contributed by atoms with Gasteiger partial charge in [-0.1, -0.05) is 40.8 Å². The van der Waals surface area contributed by atoms with Gasteiger partial charge in [0.1, 0.15) is 5.69 Å². The number of allylic oxidation sites excluding steroid dienone is 2. The summed E-state index contributed by atoms with van der Waals surface area (Å²) in [5.74, 6) is 0.0437. The van der Waals surface area contributed by atoms with Crippen LogP contribution in [-0.4, -0.2) is 26.3 Å². The third-order valence-corrected chi connectivity index (χ3v) is 3.38. The van der Waals surface area contributed by atoms with Crippen molar-refractivity contribution in [1.29, 1.82) is 0 Å². The van der Waals surface area contributed by atoms with E-state index in [2.05, 4.69) is 27.6 Å². The number of aromatic nitrogens is 1. The lowest BCUT2D eigenvalue weighted by molar-refractivity contribution is 0.0952. The quantitative estimate of drug-likeness (QED) is 0.370. The Hall–Kier alpha value is -1.17. The van der Waals surface area contributed by atoms with E-state index in [1.165, 1.54) is 0 Å². The van der Waals surface area contributed by atoms with E-state index >= 15 is 0 Å². The average Bonchev–Trinajstić information content (AvgIpc) is 2.33.